The first-order valence-corrected chi connectivity index (χ1v) is 7.48. The molecular formula is C17H17F2NO3. The minimum absolute atomic E-state index is 0.127. The number of aliphatic hydroxyl groups excluding tert-OH is 1. The zero-order chi connectivity index (χ0) is 16.4. The first-order chi connectivity index (χ1) is 11.0. The van der Waals surface area contributed by atoms with Crippen LogP contribution >= 0.6 is 0 Å². The van der Waals surface area contributed by atoms with Gasteiger partial charge < -0.3 is 14.4 Å². The van der Waals surface area contributed by atoms with Crippen molar-refractivity contribution in [1.82, 2.24) is 4.90 Å². The Balaban J connectivity index is 1.73. The van der Waals surface area contributed by atoms with Gasteiger partial charge in [-0.15, -0.1) is 0 Å². The highest BCUT2D eigenvalue weighted by molar-refractivity contribution is 5.77. The molecule has 1 amide bonds. The molecule has 1 aliphatic rings. The third kappa shape index (κ3) is 3.42. The van der Waals surface area contributed by atoms with Crippen molar-refractivity contribution in [1.29, 1.82) is 0 Å². The van der Waals surface area contributed by atoms with E-state index in [2.05, 4.69) is 0 Å². The average molecular weight is 321 g/mol. The van der Waals surface area contributed by atoms with Gasteiger partial charge in [-0.1, -0.05) is 6.07 Å². The van der Waals surface area contributed by atoms with Gasteiger partial charge in [0.2, 0.25) is 5.91 Å². The summed E-state index contributed by atoms with van der Waals surface area (Å²) in [7, 11) is 0. The summed E-state index contributed by atoms with van der Waals surface area (Å²) in [5.74, 6) is -2.00. The first kappa shape index (κ1) is 15.7. The van der Waals surface area contributed by atoms with E-state index in [1.54, 1.807) is 18.6 Å². The van der Waals surface area contributed by atoms with Gasteiger partial charge in [0.05, 0.1) is 24.7 Å². The van der Waals surface area contributed by atoms with Crippen molar-refractivity contribution in [3.05, 3.63) is 59.6 Å². The number of benzene rings is 1. The van der Waals surface area contributed by atoms with Crippen LogP contribution in [0, 0.1) is 11.6 Å². The maximum atomic E-state index is 13.4. The van der Waals surface area contributed by atoms with Gasteiger partial charge in [0.25, 0.3) is 0 Å². The predicted octanol–water partition coefficient (Wildman–Crippen LogP) is 2.82. The summed E-state index contributed by atoms with van der Waals surface area (Å²) in [6.07, 6.45) is 3.59. The number of furan rings is 1. The molecule has 1 N–H and O–H groups in total. The predicted molar refractivity (Wildman–Crippen MR) is 78.5 cm³/mol. The van der Waals surface area contributed by atoms with E-state index in [0.717, 1.165) is 17.7 Å². The van der Waals surface area contributed by atoms with Gasteiger partial charge >= 0.3 is 0 Å². The molecule has 3 rings (SSSR count). The summed E-state index contributed by atoms with van der Waals surface area (Å²) in [6.45, 7) is 0.202. The Labute approximate surface area is 132 Å². The van der Waals surface area contributed by atoms with Crippen molar-refractivity contribution in [2.24, 2.45) is 0 Å². The molecule has 0 unspecified atom stereocenters. The van der Waals surface area contributed by atoms with Gasteiger partial charge in [-0.3, -0.25) is 4.79 Å². The smallest absolute Gasteiger partial charge is 0.223 e. The van der Waals surface area contributed by atoms with Crippen LogP contribution in [-0.4, -0.2) is 28.6 Å². The summed E-state index contributed by atoms with van der Waals surface area (Å²) in [6, 6.07) is 4.95. The lowest BCUT2D eigenvalue weighted by Crippen LogP contribution is -2.32. The zero-order valence-electron chi connectivity index (χ0n) is 12.4. The number of halogens is 2. The van der Waals surface area contributed by atoms with Crippen LogP contribution in [0.5, 0.6) is 0 Å². The molecule has 1 saturated heterocycles. The summed E-state index contributed by atoms with van der Waals surface area (Å²) in [5.41, 5.74) is 1.42. The lowest BCUT2D eigenvalue weighted by atomic mass is 10.0. The number of aryl methyl sites for hydroxylation is 1. The highest BCUT2D eigenvalue weighted by atomic mass is 19.2. The number of carbonyl (C=O) groups is 1. The Morgan fingerprint density at radius 2 is 2.13 bits per heavy atom. The van der Waals surface area contributed by atoms with E-state index in [-0.39, 0.29) is 18.9 Å². The van der Waals surface area contributed by atoms with E-state index in [9.17, 15) is 18.7 Å². The molecule has 0 spiro atoms. The summed E-state index contributed by atoms with van der Waals surface area (Å²) in [4.78, 5) is 14.0. The molecule has 1 aromatic carbocycles. The summed E-state index contributed by atoms with van der Waals surface area (Å²) in [5, 5.41) is 9.88. The van der Waals surface area contributed by atoms with Crippen molar-refractivity contribution in [3.8, 4) is 0 Å². The number of likely N-dealkylation sites (tertiary alicyclic amines) is 1. The molecule has 4 nitrogen and oxygen atoms in total. The number of β-amino-alcohol motifs (C(OH)–C–C–N with tert-alkyl or cyclic N) is 1. The molecule has 2 aromatic rings. The summed E-state index contributed by atoms with van der Waals surface area (Å²) >= 11 is 0. The minimum atomic E-state index is -0.949. The quantitative estimate of drug-likeness (QED) is 0.942. The van der Waals surface area contributed by atoms with Crippen LogP contribution < -0.4 is 0 Å². The summed E-state index contributed by atoms with van der Waals surface area (Å²) < 4.78 is 31.5. The average Bonchev–Trinajstić information content (AvgIpc) is 3.17. The Kier molecular flexibility index (Phi) is 4.43. The van der Waals surface area contributed by atoms with Gasteiger partial charge in [-0.2, -0.15) is 0 Å². The Bertz CT molecular complexity index is 687. The number of hydrogen-bond acceptors (Lipinski definition) is 3. The second-order valence-corrected chi connectivity index (χ2v) is 5.76. The number of hydrogen-bond donors (Lipinski definition) is 1. The van der Waals surface area contributed by atoms with E-state index in [1.165, 1.54) is 11.0 Å². The largest absolute Gasteiger partial charge is 0.472 e. The van der Waals surface area contributed by atoms with Crippen LogP contribution in [-0.2, 0) is 11.2 Å². The molecule has 2 atom stereocenters. The SMILES string of the molecule is O=C(CCc1ccoc1)N1C[C@@H](O)C[C@@H]1c1ccc(F)c(F)c1. The molecule has 2 heterocycles. The van der Waals surface area contributed by atoms with Crippen LogP contribution in [0.4, 0.5) is 8.78 Å². The van der Waals surface area contributed by atoms with Crippen LogP contribution in [0.25, 0.3) is 0 Å². The Hall–Kier alpha value is -2.21. The number of nitrogens with zero attached hydrogens (tertiary/aromatic N) is 1. The second kappa shape index (κ2) is 6.50. The van der Waals surface area contributed by atoms with Gasteiger partial charge in [-0.25, -0.2) is 8.78 Å². The first-order valence-electron chi connectivity index (χ1n) is 7.48. The molecule has 0 aliphatic carbocycles. The molecule has 1 aromatic heterocycles. The molecule has 1 fully saturated rings. The monoisotopic (exact) mass is 321 g/mol. The van der Waals surface area contributed by atoms with E-state index in [1.807, 2.05) is 0 Å². The highest BCUT2D eigenvalue weighted by Gasteiger charge is 2.35. The molecule has 0 bridgehead atoms. The maximum Gasteiger partial charge on any atom is 0.223 e. The minimum Gasteiger partial charge on any atom is -0.472 e. The van der Waals surface area contributed by atoms with Crippen molar-refractivity contribution in [2.45, 2.75) is 31.4 Å². The fourth-order valence-corrected chi connectivity index (χ4v) is 2.95. The molecule has 122 valence electrons. The van der Waals surface area contributed by atoms with Crippen LogP contribution in [0.3, 0.4) is 0 Å². The van der Waals surface area contributed by atoms with Gasteiger partial charge in [0, 0.05) is 13.0 Å². The fraction of sp³-hybridized carbons (Fsp3) is 0.353. The van der Waals surface area contributed by atoms with E-state index < -0.39 is 23.8 Å². The van der Waals surface area contributed by atoms with Crippen molar-refractivity contribution < 1.29 is 23.1 Å². The van der Waals surface area contributed by atoms with Crippen LogP contribution in [0.1, 0.15) is 30.0 Å². The molecule has 6 heteroatoms. The normalized spacial score (nSPS) is 20.9. The van der Waals surface area contributed by atoms with E-state index in [0.29, 0.717) is 18.4 Å². The van der Waals surface area contributed by atoms with Crippen molar-refractivity contribution >= 4 is 5.91 Å². The molecule has 23 heavy (non-hydrogen) atoms. The maximum absolute atomic E-state index is 13.4. The van der Waals surface area contributed by atoms with Crippen molar-refractivity contribution in [3.63, 3.8) is 0 Å². The topological polar surface area (TPSA) is 53.7 Å². The lowest BCUT2D eigenvalue weighted by Gasteiger charge is -2.25. The molecular weight excluding hydrogens is 304 g/mol. The van der Waals surface area contributed by atoms with E-state index in [4.69, 9.17) is 4.42 Å². The van der Waals surface area contributed by atoms with Gasteiger partial charge in [0.1, 0.15) is 0 Å². The highest BCUT2D eigenvalue weighted by Crippen LogP contribution is 2.33. The fourth-order valence-electron chi connectivity index (χ4n) is 2.95. The number of rotatable bonds is 4. The number of aliphatic hydroxyl groups is 1. The van der Waals surface area contributed by atoms with Crippen LogP contribution in [0.15, 0.2) is 41.2 Å². The van der Waals surface area contributed by atoms with Gasteiger partial charge in [-0.05, 0) is 42.2 Å². The third-order valence-electron chi connectivity index (χ3n) is 4.14. The molecule has 0 saturated carbocycles. The lowest BCUT2D eigenvalue weighted by molar-refractivity contribution is -0.132. The number of carbonyl (C=O) groups excluding carboxylic acids is 1. The number of amides is 1. The standard InChI is InChI=1S/C17H17F2NO3/c18-14-3-2-12(7-15(14)19)16-8-13(21)9-20(16)17(22)4-1-11-5-6-23-10-11/h2-3,5-7,10,13,16,21H,1,4,8-9H2/t13-,16+/m0/s1. The van der Waals surface area contributed by atoms with Crippen LogP contribution in [0.2, 0.25) is 0 Å². The Morgan fingerprint density at radius 1 is 1.30 bits per heavy atom. The molecule has 1 aliphatic heterocycles. The second-order valence-electron chi connectivity index (χ2n) is 5.76. The van der Waals surface area contributed by atoms with Gasteiger partial charge in [0.15, 0.2) is 11.6 Å². The Morgan fingerprint density at radius 3 is 2.83 bits per heavy atom. The van der Waals surface area contributed by atoms with Crippen molar-refractivity contribution in [2.75, 3.05) is 6.54 Å². The zero-order valence-corrected chi connectivity index (χ0v) is 12.4. The van der Waals surface area contributed by atoms with E-state index >= 15 is 0 Å². The third-order valence-corrected chi connectivity index (χ3v) is 4.14. The molecule has 0 radical (unpaired) electrons.